The second kappa shape index (κ2) is 7.55. The van der Waals surface area contributed by atoms with Gasteiger partial charge in [-0.1, -0.05) is 36.9 Å². The van der Waals surface area contributed by atoms with Crippen LogP contribution in [0.1, 0.15) is 12.7 Å². The number of aryl methyl sites for hydroxylation is 1. The Morgan fingerprint density at radius 2 is 1.86 bits per heavy atom. The molecule has 0 atom stereocenters. The van der Waals surface area contributed by atoms with Crippen LogP contribution in [0.3, 0.4) is 0 Å². The van der Waals surface area contributed by atoms with Gasteiger partial charge in [-0.15, -0.1) is 0 Å². The van der Waals surface area contributed by atoms with Gasteiger partial charge in [0.15, 0.2) is 5.58 Å². The molecular weight excluding hydrogens is 384 g/mol. The molecule has 0 fully saturated rings. The Morgan fingerprint density at radius 3 is 2.61 bits per heavy atom. The molecule has 0 bridgehead atoms. The lowest BCUT2D eigenvalue weighted by atomic mass is 10.2. The van der Waals surface area contributed by atoms with Crippen molar-refractivity contribution in [1.82, 2.24) is 9.97 Å². The van der Waals surface area contributed by atoms with Crippen molar-refractivity contribution in [3.63, 3.8) is 0 Å². The minimum atomic E-state index is -0.826. The van der Waals surface area contributed by atoms with Crippen LogP contribution in [-0.4, -0.2) is 21.6 Å². The van der Waals surface area contributed by atoms with E-state index < -0.39 is 23.2 Å². The maximum atomic E-state index is 13.7. The van der Waals surface area contributed by atoms with Gasteiger partial charge in [0, 0.05) is 11.8 Å². The number of hydrogen-bond donors (Lipinski definition) is 1. The van der Waals surface area contributed by atoms with Gasteiger partial charge in [0.25, 0.3) is 0 Å². The molecule has 8 heteroatoms. The fourth-order valence-electron chi connectivity index (χ4n) is 2.79. The van der Waals surface area contributed by atoms with Crippen LogP contribution in [0.4, 0.5) is 14.5 Å². The van der Waals surface area contributed by atoms with Gasteiger partial charge in [0.1, 0.15) is 39.3 Å². The maximum Gasteiger partial charge on any atom is 0.234 e. The number of halogens is 2. The summed E-state index contributed by atoms with van der Waals surface area (Å²) in [7, 11) is 0. The summed E-state index contributed by atoms with van der Waals surface area (Å²) >= 11 is 1.13. The molecule has 142 valence electrons. The van der Waals surface area contributed by atoms with Crippen molar-refractivity contribution in [2.45, 2.75) is 18.4 Å². The Labute approximate surface area is 163 Å². The van der Waals surface area contributed by atoms with Crippen LogP contribution >= 0.6 is 11.8 Å². The number of aromatic nitrogens is 2. The van der Waals surface area contributed by atoms with Crippen LogP contribution < -0.4 is 5.32 Å². The van der Waals surface area contributed by atoms with Crippen LogP contribution in [-0.2, 0) is 11.2 Å². The van der Waals surface area contributed by atoms with Gasteiger partial charge in [0.2, 0.25) is 5.91 Å². The van der Waals surface area contributed by atoms with Gasteiger partial charge in [-0.2, -0.15) is 0 Å². The number of fused-ring (bicyclic) bond motifs is 3. The quantitative estimate of drug-likeness (QED) is 0.380. The first-order chi connectivity index (χ1) is 13.6. The number of thioether (sulfide) groups is 1. The third-order valence-electron chi connectivity index (χ3n) is 4.12. The molecule has 0 radical (unpaired) electrons. The Kier molecular flexibility index (Phi) is 4.95. The molecule has 0 aliphatic carbocycles. The average Bonchev–Trinajstić information content (AvgIpc) is 3.07. The summed E-state index contributed by atoms with van der Waals surface area (Å²) in [4.78, 5) is 21.2. The van der Waals surface area contributed by atoms with Crippen LogP contribution in [0.15, 0.2) is 51.9 Å². The van der Waals surface area contributed by atoms with Crippen molar-refractivity contribution in [1.29, 1.82) is 0 Å². The van der Waals surface area contributed by atoms with E-state index in [4.69, 9.17) is 4.42 Å². The number of furan rings is 1. The minimum absolute atomic E-state index is 0.0832. The van der Waals surface area contributed by atoms with E-state index in [1.807, 2.05) is 31.2 Å². The maximum absolute atomic E-state index is 13.7. The van der Waals surface area contributed by atoms with E-state index in [1.54, 1.807) is 0 Å². The van der Waals surface area contributed by atoms with Gasteiger partial charge < -0.3 is 9.73 Å². The Hall–Kier alpha value is -3.00. The standard InChI is InChI=1S/C20H15F2N3O2S/c1-2-15-23-17-11-6-3-4-9-14(11)27-19(17)20(24-15)28-10-16(26)25-18-12(21)7-5-8-13(18)22/h3-9H,2,10H2,1H3,(H,25,26). The predicted octanol–water partition coefficient (Wildman–Crippen LogP) is 4.95. The summed E-state index contributed by atoms with van der Waals surface area (Å²) in [5.74, 6) is -1.65. The predicted molar refractivity (Wildman–Crippen MR) is 104 cm³/mol. The summed E-state index contributed by atoms with van der Waals surface area (Å²) in [5.41, 5.74) is 1.40. The Morgan fingerprint density at radius 1 is 1.11 bits per heavy atom. The number of nitrogens with zero attached hydrogens (tertiary/aromatic N) is 2. The minimum Gasteiger partial charge on any atom is -0.451 e. The number of rotatable bonds is 5. The lowest BCUT2D eigenvalue weighted by Gasteiger charge is -2.07. The molecule has 1 N–H and O–H groups in total. The van der Waals surface area contributed by atoms with Crippen molar-refractivity contribution >= 4 is 45.4 Å². The second-order valence-corrected chi connectivity index (χ2v) is 6.97. The molecular formula is C20H15F2N3O2S. The third-order valence-corrected chi connectivity index (χ3v) is 5.08. The van der Waals surface area contributed by atoms with Crippen molar-refractivity contribution in [2.24, 2.45) is 0 Å². The average molecular weight is 399 g/mol. The topological polar surface area (TPSA) is 68.0 Å². The van der Waals surface area contributed by atoms with E-state index in [0.29, 0.717) is 34.0 Å². The van der Waals surface area contributed by atoms with Crippen molar-refractivity contribution in [3.8, 4) is 0 Å². The normalized spacial score (nSPS) is 11.2. The van der Waals surface area contributed by atoms with E-state index >= 15 is 0 Å². The number of nitrogens with one attached hydrogen (secondary N) is 1. The highest BCUT2D eigenvalue weighted by Gasteiger charge is 2.18. The molecule has 4 aromatic rings. The first kappa shape index (κ1) is 18.4. The van der Waals surface area contributed by atoms with Crippen molar-refractivity contribution in [2.75, 3.05) is 11.1 Å². The number of amides is 1. The fraction of sp³-hybridized carbons (Fsp3) is 0.150. The summed E-state index contributed by atoms with van der Waals surface area (Å²) in [5, 5.41) is 3.65. The zero-order valence-electron chi connectivity index (χ0n) is 14.8. The van der Waals surface area contributed by atoms with Crippen LogP contribution in [0.5, 0.6) is 0 Å². The van der Waals surface area contributed by atoms with E-state index in [0.717, 1.165) is 29.3 Å². The molecule has 2 heterocycles. The molecule has 2 aromatic carbocycles. The second-order valence-electron chi connectivity index (χ2n) is 6.01. The molecule has 0 saturated heterocycles. The van der Waals surface area contributed by atoms with Crippen molar-refractivity contribution in [3.05, 3.63) is 59.9 Å². The number of benzene rings is 2. The molecule has 0 aliphatic heterocycles. The fourth-order valence-corrected chi connectivity index (χ4v) is 3.57. The lowest BCUT2D eigenvalue weighted by Crippen LogP contribution is -2.16. The van der Waals surface area contributed by atoms with E-state index in [-0.39, 0.29) is 5.75 Å². The highest BCUT2D eigenvalue weighted by Crippen LogP contribution is 2.33. The van der Waals surface area contributed by atoms with Gasteiger partial charge in [-0.3, -0.25) is 4.79 Å². The number of carbonyl (C=O) groups is 1. The lowest BCUT2D eigenvalue weighted by molar-refractivity contribution is -0.113. The zero-order valence-corrected chi connectivity index (χ0v) is 15.6. The van der Waals surface area contributed by atoms with Crippen LogP contribution in [0.25, 0.3) is 22.1 Å². The zero-order chi connectivity index (χ0) is 19.7. The number of hydrogen-bond acceptors (Lipinski definition) is 5. The molecule has 0 saturated carbocycles. The molecule has 0 aliphatic rings. The molecule has 2 aromatic heterocycles. The van der Waals surface area contributed by atoms with Gasteiger partial charge in [-0.05, 0) is 24.3 Å². The summed E-state index contributed by atoms with van der Waals surface area (Å²) in [6.45, 7) is 1.94. The molecule has 0 spiro atoms. The number of para-hydroxylation sites is 2. The monoisotopic (exact) mass is 399 g/mol. The molecule has 5 nitrogen and oxygen atoms in total. The molecule has 4 rings (SSSR count). The first-order valence-electron chi connectivity index (χ1n) is 8.61. The molecule has 28 heavy (non-hydrogen) atoms. The van der Waals surface area contributed by atoms with Crippen LogP contribution in [0.2, 0.25) is 0 Å². The largest absolute Gasteiger partial charge is 0.451 e. The van der Waals surface area contributed by atoms with Gasteiger partial charge in [0.05, 0.1) is 5.75 Å². The van der Waals surface area contributed by atoms with Gasteiger partial charge in [-0.25, -0.2) is 18.7 Å². The number of anilines is 1. The SMILES string of the molecule is CCc1nc(SCC(=O)Nc2c(F)cccc2F)c2oc3ccccc3c2n1. The first-order valence-corrected chi connectivity index (χ1v) is 9.60. The van der Waals surface area contributed by atoms with Crippen molar-refractivity contribution < 1.29 is 18.0 Å². The Balaban J connectivity index is 1.61. The Bertz CT molecular complexity index is 1170. The van der Waals surface area contributed by atoms with E-state index in [2.05, 4.69) is 15.3 Å². The third kappa shape index (κ3) is 3.43. The summed E-state index contributed by atoms with van der Waals surface area (Å²) < 4.78 is 33.3. The highest BCUT2D eigenvalue weighted by atomic mass is 32.2. The van der Waals surface area contributed by atoms with Gasteiger partial charge >= 0.3 is 0 Å². The molecule has 0 unspecified atom stereocenters. The van der Waals surface area contributed by atoms with Crippen LogP contribution in [0, 0.1) is 11.6 Å². The summed E-state index contributed by atoms with van der Waals surface area (Å²) in [6, 6.07) is 10.9. The summed E-state index contributed by atoms with van der Waals surface area (Å²) in [6.07, 6.45) is 0.621. The highest BCUT2D eigenvalue weighted by molar-refractivity contribution is 8.00. The smallest absolute Gasteiger partial charge is 0.234 e. The number of carbonyl (C=O) groups excluding carboxylic acids is 1. The van der Waals surface area contributed by atoms with E-state index in [1.165, 1.54) is 6.07 Å². The van der Waals surface area contributed by atoms with E-state index in [9.17, 15) is 13.6 Å². The molecule has 1 amide bonds.